The molecule has 17 heavy (non-hydrogen) atoms. The lowest BCUT2D eigenvalue weighted by molar-refractivity contribution is -0.153. The summed E-state index contributed by atoms with van der Waals surface area (Å²) in [7, 11) is 0. The van der Waals surface area contributed by atoms with Crippen molar-refractivity contribution in [3.05, 3.63) is 0 Å². The molecular weight excluding hydrogens is 218 g/mol. The number of carbonyl (C=O) groups is 1. The third-order valence-corrected chi connectivity index (χ3v) is 4.03. The Morgan fingerprint density at radius 2 is 2.24 bits per heavy atom. The van der Waals surface area contributed by atoms with Crippen molar-refractivity contribution in [3.63, 3.8) is 0 Å². The van der Waals surface area contributed by atoms with E-state index < -0.39 is 5.54 Å². The Balaban J connectivity index is 1.79. The summed E-state index contributed by atoms with van der Waals surface area (Å²) in [6.07, 6.45) is 4.83. The van der Waals surface area contributed by atoms with Gasteiger partial charge in [0.1, 0.15) is 5.54 Å². The number of nitrogens with one attached hydrogen (secondary N) is 1. The first kappa shape index (κ1) is 12.8. The minimum absolute atomic E-state index is 0.0519. The fraction of sp³-hybridized carbons (Fsp3) is 0.923. The van der Waals surface area contributed by atoms with Crippen LogP contribution in [0, 0.1) is 5.92 Å². The van der Waals surface area contributed by atoms with Crippen molar-refractivity contribution < 1.29 is 14.3 Å². The lowest BCUT2D eigenvalue weighted by Crippen LogP contribution is -2.48. The molecule has 2 heterocycles. The molecule has 0 bridgehead atoms. The van der Waals surface area contributed by atoms with Gasteiger partial charge in [-0.25, -0.2) is 0 Å². The Labute approximate surface area is 103 Å². The molecule has 2 fully saturated rings. The maximum atomic E-state index is 12.1. The van der Waals surface area contributed by atoms with Gasteiger partial charge >= 0.3 is 5.97 Å². The Hall–Kier alpha value is -0.610. The van der Waals surface area contributed by atoms with Gasteiger partial charge in [0.15, 0.2) is 0 Å². The third kappa shape index (κ3) is 2.99. The van der Waals surface area contributed by atoms with Crippen LogP contribution in [0.15, 0.2) is 0 Å². The summed E-state index contributed by atoms with van der Waals surface area (Å²) in [6.45, 7) is 5.15. The van der Waals surface area contributed by atoms with Gasteiger partial charge in [-0.1, -0.05) is 6.92 Å². The molecule has 1 unspecified atom stereocenters. The zero-order valence-electron chi connectivity index (χ0n) is 10.7. The molecule has 1 atom stereocenters. The number of hydrogen-bond donors (Lipinski definition) is 1. The van der Waals surface area contributed by atoms with Gasteiger partial charge in [-0.3, -0.25) is 4.79 Å². The Morgan fingerprint density at radius 3 is 2.82 bits per heavy atom. The van der Waals surface area contributed by atoms with Crippen molar-refractivity contribution >= 4 is 5.97 Å². The summed E-state index contributed by atoms with van der Waals surface area (Å²) in [5.74, 6) is 0.437. The molecule has 2 aliphatic heterocycles. The molecule has 4 nitrogen and oxygen atoms in total. The first-order chi connectivity index (χ1) is 8.27. The summed E-state index contributed by atoms with van der Waals surface area (Å²) in [5.41, 5.74) is -0.398. The molecule has 0 aromatic heterocycles. The molecule has 2 rings (SSSR count). The second kappa shape index (κ2) is 5.83. The lowest BCUT2D eigenvalue weighted by atomic mass is 9.94. The Bertz CT molecular complexity index is 255. The maximum Gasteiger partial charge on any atom is 0.326 e. The lowest BCUT2D eigenvalue weighted by Gasteiger charge is -2.28. The van der Waals surface area contributed by atoms with Gasteiger partial charge in [0.05, 0.1) is 6.61 Å². The molecule has 1 N–H and O–H groups in total. The van der Waals surface area contributed by atoms with Gasteiger partial charge in [0, 0.05) is 13.2 Å². The average Bonchev–Trinajstić information content (AvgIpc) is 2.87. The van der Waals surface area contributed by atoms with E-state index in [-0.39, 0.29) is 5.97 Å². The minimum Gasteiger partial charge on any atom is -0.464 e. The van der Waals surface area contributed by atoms with Gasteiger partial charge in [-0.05, 0) is 44.6 Å². The van der Waals surface area contributed by atoms with Crippen LogP contribution in [0.4, 0.5) is 0 Å². The first-order valence-corrected chi connectivity index (χ1v) is 6.77. The molecular formula is C13H23NO3. The van der Waals surface area contributed by atoms with Gasteiger partial charge in [0.25, 0.3) is 0 Å². The smallest absolute Gasteiger partial charge is 0.326 e. The normalized spacial score (nSPS) is 30.4. The highest BCUT2D eigenvalue weighted by Gasteiger charge is 2.40. The van der Waals surface area contributed by atoms with E-state index in [9.17, 15) is 4.79 Å². The van der Waals surface area contributed by atoms with E-state index in [4.69, 9.17) is 9.47 Å². The van der Waals surface area contributed by atoms with Crippen LogP contribution >= 0.6 is 0 Å². The fourth-order valence-corrected chi connectivity index (χ4v) is 2.67. The van der Waals surface area contributed by atoms with Crippen molar-refractivity contribution in [2.45, 2.75) is 44.6 Å². The summed E-state index contributed by atoms with van der Waals surface area (Å²) in [4.78, 5) is 12.1. The van der Waals surface area contributed by atoms with Crippen LogP contribution in [-0.2, 0) is 14.3 Å². The topological polar surface area (TPSA) is 47.6 Å². The monoisotopic (exact) mass is 241 g/mol. The number of rotatable bonds is 4. The van der Waals surface area contributed by atoms with Crippen LogP contribution in [0.5, 0.6) is 0 Å². The second-order valence-corrected chi connectivity index (χ2v) is 5.12. The summed E-state index contributed by atoms with van der Waals surface area (Å²) in [5, 5.41) is 3.31. The van der Waals surface area contributed by atoms with Crippen LogP contribution in [0.25, 0.3) is 0 Å². The molecule has 2 saturated heterocycles. The molecule has 0 saturated carbocycles. The fourth-order valence-electron chi connectivity index (χ4n) is 2.67. The zero-order chi connectivity index (χ0) is 12.1. The molecule has 0 aliphatic carbocycles. The van der Waals surface area contributed by atoms with E-state index in [0.717, 1.165) is 51.9 Å². The highest BCUT2D eigenvalue weighted by Crippen LogP contribution is 2.25. The predicted octanol–water partition coefficient (Wildman–Crippen LogP) is 1.49. The number of ether oxygens (including phenoxy) is 2. The van der Waals surface area contributed by atoms with E-state index in [1.165, 1.54) is 0 Å². The van der Waals surface area contributed by atoms with Crippen molar-refractivity contribution in [2.75, 3.05) is 26.4 Å². The van der Waals surface area contributed by atoms with Gasteiger partial charge < -0.3 is 14.8 Å². The van der Waals surface area contributed by atoms with E-state index in [2.05, 4.69) is 5.32 Å². The summed E-state index contributed by atoms with van der Waals surface area (Å²) >= 11 is 0. The van der Waals surface area contributed by atoms with E-state index in [1.54, 1.807) is 0 Å². The first-order valence-electron chi connectivity index (χ1n) is 6.77. The highest BCUT2D eigenvalue weighted by atomic mass is 16.5. The van der Waals surface area contributed by atoms with Crippen LogP contribution < -0.4 is 5.32 Å². The SMILES string of the molecule is CCC1(C(=O)OCC2CCOCC2)CCCN1. The standard InChI is InChI=1S/C13H23NO3/c1-2-13(6-3-7-14-13)12(15)17-10-11-4-8-16-9-5-11/h11,14H,2-10H2,1H3. The van der Waals surface area contributed by atoms with Crippen LogP contribution in [0.3, 0.4) is 0 Å². The summed E-state index contributed by atoms with van der Waals surface area (Å²) in [6, 6.07) is 0. The van der Waals surface area contributed by atoms with Crippen molar-refractivity contribution in [1.82, 2.24) is 5.32 Å². The number of carbonyl (C=O) groups excluding carboxylic acids is 1. The van der Waals surface area contributed by atoms with E-state index in [0.29, 0.717) is 12.5 Å². The van der Waals surface area contributed by atoms with Gasteiger partial charge in [-0.2, -0.15) is 0 Å². The zero-order valence-corrected chi connectivity index (χ0v) is 10.7. The quantitative estimate of drug-likeness (QED) is 0.758. The van der Waals surface area contributed by atoms with Gasteiger partial charge in [0.2, 0.25) is 0 Å². The minimum atomic E-state index is -0.398. The van der Waals surface area contributed by atoms with E-state index >= 15 is 0 Å². The van der Waals surface area contributed by atoms with Gasteiger partial charge in [-0.15, -0.1) is 0 Å². The van der Waals surface area contributed by atoms with Crippen LogP contribution in [-0.4, -0.2) is 37.9 Å². The third-order valence-electron chi connectivity index (χ3n) is 4.03. The molecule has 98 valence electrons. The summed E-state index contributed by atoms with van der Waals surface area (Å²) < 4.78 is 10.8. The molecule has 0 aromatic carbocycles. The number of hydrogen-bond acceptors (Lipinski definition) is 4. The molecule has 0 spiro atoms. The highest BCUT2D eigenvalue weighted by molar-refractivity contribution is 5.81. The predicted molar refractivity (Wildman–Crippen MR) is 64.8 cm³/mol. The maximum absolute atomic E-state index is 12.1. The molecule has 4 heteroatoms. The Morgan fingerprint density at radius 1 is 1.47 bits per heavy atom. The van der Waals surface area contributed by atoms with Crippen LogP contribution in [0.2, 0.25) is 0 Å². The van der Waals surface area contributed by atoms with Crippen molar-refractivity contribution in [2.24, 2.45) is 5.92 Å². The Kier molecular flexibility index (Phi) is 4.40. The molecule has 2 aliphatic rings. The van der Waals surface area contributed by atoms with Crippen molar-refractivity contribution in [3.8, 4) is 0 Å². The molecule has 0 radical (unpaired) electrons. The average molecular weight is 241 g/mol. The molecule has 0 aromatic rings. The largest absolute Gasteiger partial charge is 0.464 e. The second-order valence-electron chi connectivity index (χ2n) is 5.12. The van der Waals surface area contributed by atoms with Crippen LogP contribution in [0.1, 0.15) is 39.0 Å². The van der Waals surface area contributed by atoms with E-state index in [1.807, 2.05) is 6.92 Å². The number of esters is 1. The van der Waals surface area contributed by atoms with Crippen molar-refractivity contribution in [1.29, 1.82) is 0 Å². The molecule has 0 amide bonds.